The molecule has 0 fully saturated rings. The van der Waals surface area contributed by atoms with E-state index in [-0.39, 0.29) is 4.87 Å². The molecule has 0 heterocycles. The molecule has 0 radical (unpaired) electrons. The summed E-state index contributed by atoms with van der Waals surface area (Å²) in [6, 6.07) is 0. The van der Waals surface area contributed by atoms with Gasteiger partial charge in [0.05, 0.1) is 0 Å². The molecule has 0 rings (SSSR count). The molecule has 0 nitrogen and oxygen atoms in total. The Labute approximate surface area is 76.3 Å². The zero-order valence-corrected chi connectivity index (χ0v) is 8.88. The summed E-state index contributed by atoms with van der Waals surface area (Å²) in [5, 5.41) is 0. The molecule has 0 bridgehead atoms. The number of rotatable bonds is 6. The Morgan fingerprint density at radius 1 is 1.00 bits per heavy atom. The van der Waals surface area contributed by atoms with E-state index in [9.17, 15) is 0 Å². The van der Waals surface area contributed by atoms with Crippen LogP contribution in [0, 0.1) is 0 Å². The predicted molar refractivity (Wildman–Crippen MR) is 53.3 cm³/mol. The number of alkyl halides is 1. The lowest BCUT2D eigenvalue weighted by Gasteiger charge is -2.20. The average Bonchev–Trinajstić information content (AvgIpc) is 1.97. The molecule has 0 atom stereocenters. The maximum absolute atomic E-state index is 6.29. The SMILES string of the molecule is CCCCC(C)(Cl)CCCC. The third-order valence-corrected chi connectivity index (χ3v) is 2.48. The van der Waals surface area contributed by atoms with Gasteiger partial charge in [-0.1, -0.05) is 39.5 Å². The van der Waals surface area contributed by atoms with Crippen LogP contribution in [-0.4, -0.2) is 4.87 Å². The molecule has 0 aliphatic rings. The van der Waals surface area contributed by atoms with E-state index in [1.807, 2.05) is 0 Å². The lowest BCUT2D eigenvalue weighted by Crippen LogP contribution is -2.15. The molecule has 1 heteroatoms. The Kier molecular flexibility index (Phi) is 6.03. The minimum atomic E-state index is 0.0754. The molecular weight excluding hydrogens is 156 g/mol. The molecule has 0 spiro atoms. The van der Waals surface area contributed by atoms with E-state index in [0.717, 1.165) is 0 Å². The highest BCUT2D eigenvalue weighted by atomic mass is 35.5. The summed E-state index contributed by atoms with van der Waals surface area (Å²) in [6.45, 7) is 6.60. The van der Waals surface area contributed by atoms with Gasteiger partial charge in [-0.2, -0.15) is 0 Å². The maximum Gasteiger partial charge on any atom is 0.0418 e. The van der Waals surface area contributed by atoms with Gasteiger partial charge in [0.2, 0.25) is 0 Å². The fourth-order valence-corrected chi connectivity index (χ4v) is 1.48. The first-order chi connectivity index (χ1) is 5.12. The van der Waals surface area contributed by atoms with Gasteiger partial charge in [-0.05, 0) is 19.8 Å². The topological polar surface area (TPSA) is 0 Å². The molecule has 0 aromatic rings. The lowest BCUT2D eigenvalue weighted by atomic mass is 9.97. The molecule has 0 unspecified atom stereocenters. The highest BCUT2D eigenvalue weighted by Gasteiger charge is 2.18. The Hall–Kier alpha value is 0.290. The summed E-state index contributed by atoms with van der Waals surface area (Å²) in [5.41, 5.74) is 0. The van der Waals surface area contributed by atoms with Crippen molar-refractivity contribution in [3.63, 3.8) is 0 Å². The van der Waals surface area contributed by atoms with Gasteiger partial charge in [0.15, 0.2) is 0 Å². The van der Waals surface area contributed by atoms with Crippen LogP contribution in [0.5, 0.6) is 0 Å². The highest BCUT2D eigenvalue weighted by molar-refractivity contribution is 6.23. The zero-order valence-electron chi connectivity index (χ0n) is 8.12. The molecule has 0 aromatic heterocycles. The summed E-state index contributed by atoms with van der Waals surface area (Å²) in [5.74, 6) is 0. The second kappa shape index (κ2) is 5.88. The number of halogens is 1. The fourth-order valence-electron chi connectivity index (χ4n) is 1.22. The van der Waals surface area contributed by atoms with E-state index in [2.05, 4.69) is 20.8 Å². The minimum Gasteiger partial charge on any atom is -0.120 e. The fraction of sp³-hybridized carbons (Fsp3) is 1.00. The third kappa shape index (κ3) is 6.68. The van der Waals surface area contributed by atoms with Crippen molar-refractivity contribution < 1.29 is 0 Å². The Morgan fingerprint density at radius 2 is 1.36 bits per heavy atom. The van der Waals surface area contributed by atoms with E-state index in [1.165, 1.54) is 38.5 Å². The monoisotopic (exact) mass is 176 g/mol. The summed E-state index contributed by atoms with van der Waals surface area (Å²) in [6.07, 6.45) is 7.40. The van der Waals surface area contributed by atoms with Crippen molar-refractivity contribution in [1.29, 1.82) is 0 Å². The van der Waals surface area contributed by atoms with Crippen LogP contribution in [-0.2, 0) is 0 Å². The Bertz CT molecular complexity index is 76.9. The summed E-state index contributed by atoms with van der Waals surface area (Å²) in [4.78, 5) is 0.0754. The summed E-state index contributed by atoms with van der Waals surface area (Å²) >= 11 is 6.29. The standard InChI is InChI=1S/C10H21Cl/c1-4-6-8-10(3,11)9-7-5-2/h4-9H2,1-3H3. The van der Waals surface area contributed by atoms with Crippen molar-refractivity contribution >= 4 is 11.6 Å². The minimum absolute atomic E-state index is 0.0754. The van der Waals surface area contributed by atoms with Crippen LogP contribution in [0.4, 0.5) is 0 Å². The van der Waals surface area contributed by atoms with Crippen LogP contribution in [0.3, 0.4) is 0 Å². The van der Waals surface area contributed by atoms with Crippen molar-refractivity contribution in [1.82, 2.24) is 0 Å². The predicted octanol–water partition coefficient (Wildman–Crippen LogP) is 4.36. The summed E-state index contributed by atoms with van der Waals surface area (Å²) in [7, 11) is 0. The van der Waals surface area contributed by atoms with Gasteiger partial charge in [0.25, 0.3) is 0 Å². The largest absolute Gasteiger partial charge is 0.120 e. The molecule has 11 heavy (non-hydrogen) atoms. The second-order valence-corrected chi connectivity index (χ2v) is 4.53. The maximum atomic E-state index is 6.29. The molecule has 68 valence electrons. The molecule has 0 aliphatic carbocycles. The van der Waals surface area contributed by atoms with Crippen LogP contribution < -0.4 is 0 Å². The van der Waals surface area contributed by atoms with E-state index in [0.29, 0.717) is 0 Å². The average molecular weight is 177 g/mol. The first-order valence-corrected chi connectivity index (χ1v) is 5.19. The van der Waals surface area contributed by atoms with Crippen LogP contribution >= 0.6 is 11.6 Å². The van der Waals surface area contributed by atoms with E-state index in [4.69, 9.17) is 11.6 Å². The van der Waals surface area contributed by atoms with Crippen molar-refractivity contribution in [3.8, 4) is 0 Å². The van der Waals surface area contributed by atoms with Crippen molar-refractivity contribution in [2.75, 3.05) is 0 Å². The highest BCUT2D eigenvalue weighted by Crippen LogP contribution is 2.27. The van der Waals surface area contributed by atoms with Crippen LogP contribution in [0.1, 0.15) is 59.3 Å². The van der Waals surface area contributed by atoms with Crippen LogP contribution in [0.25, 0.3) is 0 Å². The first kappa shape index (κ1) is 11.3. The Balaban J connectivity index is 3.43. The lowest BCUT2D eigenvalue weighted by molar-refractivity contribution is 0.488. The van der Waals surface area contributed by atoms with Gasteiger partial charge in [-0.25, -0.2) is 0 Å². The Morgan fingerprint density at radius 3 is 1.64 bits per heavy atom. The van der Waals surface area contributed by atoms with E-state index >= 15 is 0 Å². The second-order valence-electron chi connectivity index (χ2n) is 3.62. The van der Waals surface area contributed by atoms with Gasteiger partial charge >= 0.3 is 0 Å². The van der Waals surface area contributed by atoms with E-state index < -0.39 is 0 Å². The number of hydrogen-bond donors (Lipinski definition) is 0. The third-order valence-electron chi connectivity index (χ3n) is 2.10. The quantitative estimate of drug-likeness (QED) is 0.528. The van der Waals surface area contributed by atoms with Crippen molar-refractivity contribution in [3.05, 3.63) is 0 Å². The molecule has 0 N–H and O–H groups in total. The van der Waals surface area contributed by atoms with Crippen molar-refractivity contribution in [2.24, 2.45) is 0 Å². The van der Waals surface area contributed by atoms with Gasteiger partial charge in [0.1, 0.15) is 0 Å². The molecule has 0 saturated carbocycles. The number of hydrogen-bond acceptors (Lipinski definition) is 0. The van der Waals surface area contributed by atoms with Crippen LogP contribution in [0.2, 0.25) is 0 Å². The summed E-state index contributed by atoms with van der Waals surface area (Å²) < 4.78 is 0. The van der Waals surface area contributed by atoms with E-state index in [1.54, 1.807) is 0 Å². The first-order valence-electron chi connectivity index (χ1n) is 4.81. The zero-order chi connectivity index (χ0) is 8.74. The van der Waals surface area contributed by atoms with Crippen molar-refractivity contribution in [2.45, 2.75) is 64.2 Å². The normalized spacial score (nSPS) is 12.0. The molecule has 0 amide bonds. The van der Waals surface area contributed by atoms with Gasteiger partial charge in [-0.3, -0.25) is 0 Å². The molecule has 0 aromatic carbocycles. The van der Waals surface area contributed by atoms with Crippen LogP contribution in [0.15, 0.2) is 0 Å². The molecule has 0 aliphatic heterocycles. The van der Waals surface area contributed by atoms with Gasteiger partial charge in [0, 0.05) is 4.87 Å². The molecular formula is C10H21Cl. The molecule has 0 saturated heterocycles. The smallest absolute Gasteiger partial charge is 0.0418 e. The van der Waals surface area contributed by atoms with Gasteiger partial charge < -0.3 is 0 Å². The number of unbranched alkanes of at least 4 members (excludes halogenated alkanes) is 2. The van der Waals surface area contributed by atoms with Gasteiger partial charge in [-0.15, -0.1) is 11.6 Å².